The van der Waals surface area contributed by atoms with E-state index in [9.17, 15) is 0 Å². The number of fused-ring (bicyclic) bond motifs is 1. The summed E-state index contributed by atoms with van der Waals surface area (Å²) < 4.78 is 6.23. The quantitative estimate of drug-likeness (QED) is 0.814. The fourth-order valence-electron chi connectivity index (χ4n) is 2.10. The Balaban J connectivity index is 2.69. The number of ether oxygens (including phenoxy) is 1. The van der Waals surface area contributed by atoms with Crippen molar-refractivity contribution in [2.45, 2.75) is 20.3 Å². The average molecular weight is 294 g/mol. The second-order valence-corrected chi connectivity index (χ2v) is 5.44. The molecule has 2 nitrogen and oxygen atoms in total. The summed E-state index contributed by atoms with van der Waals surface area (Å²) in [4.78, 5) is 3.38. The number of allylic oxidation sites excluding steroid dienone is 2. The minimum absolute atomic E-state index is 0.740. The Hall–Kier alpha value is -1.32. The molecule has 0 atom stereocenters. The lowest BCUT2D eigenvalue weighted by Gasteiger charge is -2.11. The molecule has 0 fully saturated rings. The number of aromatic amines is 1. The molecule has 1 aromatic heterocycles. The third-order valence-electron chi connectivity index (χ3n) is 3.12. The molecule has 0 radical (unpaired) electrons. The van der Waals surface area contributed by atoms with E-state index < -0.39 is 0 Å². The smallest absolute Gasteiger partial charge is 0.142 e. The van der Waals surface area contributed by atoms with E-state index in [4.69, 9.17) is 28.6 Å². The average Bonchev–Trinajstić information content (AvgIpc) is 2.37. The van der Waals surface area contributed by atoms with Crippen LogP contribution in [-0.4, -0.2) is 12.1 Å². The lowest BCUT2D eigenvalue weighted by Crippen LogP contribution is -1.97. The first-order valence-corrected chi connectivity index (χ1v) is 6.84. The van der Waals surface area contributed by atoms with Gasteiger partial charge < -0.3 is 9.72 Å². The fraction of sp³-hybridized carbons (Fsp3) is 0.267. The maximum absolute atomic E-state index is 5.90. The maximum atomic E-state index is 5.90. The van der Waals surface area contributed by atoms with Gasteiger partial charge in [0.1, 0.15) is 5.75 Å². The molecule has 1 aromatic carbocycles. The molecule has 0 aliphatic carbocycles. The van der Waals surface area contributed by atoms with E-state index in [1.807, 2.05) is 38.1 Å². The molecule has 100 valence electrons. The third-order valence-corrected chi connectivity index (χ3v) is 3.74. The molecule has 0 aliphatic heterocycles. The summed E-state index contributed by atoms with van der Waals surface area (Å²) >= 11 is 11.5. The predicted octanol–water partition coefficient (Wildman–Crippen LogP) is 4.90. The summed E-state index contributed by atoms with van der Waals surface area (Å²) in [7, 11) is 1.66. The molecular formula is C15H16ClNOS. The second-order valence-electron chi connectivity index (χ2n) is 4.44. The van der Waals surface area contributed by atoms with Crippen molar-refractivity contribution >= 4 is 34.7 Å². The number of benzene rings is 1. The van der Waals surface area contributed by atoms with Crippen LogP contribution in [-0.2, 0) is 6.42 Å². The zero-order valence-corrected chi connectivity index (χ0v) is 12.8. The van der Waals surface area contributed by atoms with Crippen molar-refractivity contribution in [1.82, 2.24) is 4.98 Å². The van der Waals surface area contributed by atoms with Crippen molar-refractivity contribution in [1.29, 1.82) is 0 Å². The third kappa shape index (κ3) is 2.82. The van der Waals surface area contributed by atoms with E-state index in [0.717, 1.165) is 43.9 Å². The molecule has 19 heavy (non-hydrogen) atoms. The molecule has 4 heteroatoms. The number of pyridine rings is 1. The Labute approximate surface area is 123 Å². The van der Waals surface area contributed by atoms with Gasteiger partial charge in [-0.2, -0.15) is 0 Å². The summed E-state index contributed by atoms with van der Waals surface area (Å²) in [6.45, 7) is 3.89. The molecule has 0 spiro atoms. The standard InChI is InChI=1S/C15H16ClNOS/c1-9(16)7-8-11-10(2)17-14-12(15(11)19)5-4-6-13(14)18-3/h4-7H,8H2,1-3H3,(H,17,19). The Morgan fingerprint density at radius 2 is 2.21 bits per heavy atom. The normalized spacial score (nSPS) is 11.9. The van der Waals surface area contributed by atoms with Crippen LogP contribution in [0.1, 0.15) is 18.2 Å². The Bertz CT molecular complexity index is 699. The van der Waals surface area contributed by atoms with E-state index >= 15 is 0 Å². The van der Waals surface area contributed by atoms with Crippen LogP contribution in [0, 0.1) is 11.4 Å². The fourth-order valence-corrected chi connectivity index (χ4v) is 2.59. The summed E-state index contributed by atoms with van der Waals surface area (Å²) in [6.07, 6.45) is 2.71. The summed E-state index contributed by atoms with van der Waals surface area (Å²) in [6, 6.07) is 5.89. The number of hydrogen-bond donors (Lipinski definition) is 1. The molecule has 2 aromatic rings. The lowest BCUT2D eigenvalue weighted by molar-refractivity contribution is 0.419. The van der Waals surface area contributed by atoms with Gasteiger partial charge in [0.25, 0.3) is 0 Å². The van der Waals surface area contributed by atoms with Crippen molar-refractivity contribution in [2.75, 3.05) is 7.11 Å². The highest BCUT2D eigenvalue weighted by Gasteiger charge is 2.08. The number of aromatic nitrogens is 1. The van der Waals surface area contributed by atoms with Crippen LogP contribution in [0.5, 0.6) is 5.75 Å². The van der Waals surface area contributed by atoms with Crippen molar-refractivity contribution in [3.63, 3.8) is 0 Å². The van der Waals surface area contributed by atoms with Crippen LogP contribution in [0.25, 0.3) is 10.9 Å². The van der Waals surface area contributed by atoms with E-state index in [0.29, 0.717) is 0 Å². The highest BCUT2D eigenvalue weighted by atomic mass is 35.5. The molecule has 0 amide bonds. The number of aryl methyl sites for hydroxylation is 1. The molecule has 0 saturated heterocycles. The Kier molecular flexibility index (Phi) is 4.27. The lowest BCUT2D eigenvalue weighted by atomic mass is 10.1. The molecule has 0 unspecified atom stereocenters. The number of H-pyrrole nitrogens is 1. The monoisotopic (exact) mass is 293 g/mol. The second kappa shape index (κ2) is 5.76. The van der Waals surface area contributed by atoms with Gasteiger partial charge in [-0.15, -0.1) is 0 Å². The van der Waals surface area contributed by atoms with E-state index in [1.165, 1.54) is 0 Å². The van der Waals surface area contributed by atoms with Crippen LogP contribution in [0.4, 0.5) is 0 Å². The summed E-state index contributed by atoms with van der Waals surface area (Å²) in [5.74, 6) is 0.808. The van der Waals surface area contributed by atoms with Crippen LogP contribution in [0.3, 0.4) is 0 Å². The Morgan fingerprint density at radius 3 is 2.84 bits per heavy atom. The van der Waals surface area contributed by atoms with Crippen molar-refractivity contribution in [2.24, 2.45) is 0 Å². The zero-order valence-electron chi connectivity index (χ0n) is 11.2. The molecule has 0 aliphatic rings. The molecule has 0 bridgehead atoms. The maximum Gasteiger partial charge on any atom is 0.142 e. The first kappa shape index (κ1) is 14.1. The van der Waals surface area contributed by atoms with E-state index in [2.05, 4.69) is 4.98 Å². The number of methoxy groups -OCH3 is 1. The van der Waals surface area contributed by atoms with Crippen molar-refractivity contribution < 1.29 is 4.74 Å². The van der Waals surface area contributed by atoms with Gasteiger partial charge in [0.15, 0.2) is 0 Å². The van der Waals surface area contributed by atoms with Crippen molar-refractivity contribution in [3.8, 4) is 5.75 Å². The van der Waals surface area contributed by atoms with Gasteiger partial charge in [-0.1, -0.05) is 42.0 Å². The SMILES string of the molecule is COc1cccc2c(=S)c(CC=C(C)Cl)c(C)[nH]c12. The minimum atomic E-state index is 0.740. The number of rotatable bonds is 3. The Morgan fingerprint density at radius 1 is 1.47 bits per heavy atom. The molecule has 0 saturated carbocycles. The van der Waals surface area contributed by atoms with Gasteiger partial charge in [0.2, 0.25) is 0 Å². The molecule has 1 N–H and O–H groups in total. The zero-order chi connectivity index (χ0) is 14.0. The van der Waals surface area contributed by atoms with Gasteiger partial charge in [-0.3, -0.25) is 0 Å². The highest BCUT2D eigenvalue weighted by molar-refractivity contribution is 7.71. The van der Waals surface area contributed by atoms with Gasteiger partial charge >= 0.3 is 0 Å². The predicted molar refractivity (Wildman–Crippen MR) is 83.7 cm³/mol. The first-order chi connectivity index (χ1) is 9.04. The number of hydrogen-bond acceptors (Lipinski definition) is 2. The molecular weight excluding hydrogens is 278 g/mol. The number of halogens is 1. The van der Waals surface area contributed by atoms with Gasteiger partial charge in [0.05, 0.1) is 17.1 Å². The number of para-hydroxylation sites is 1. The van der Waals surface area contributed by atoms with Gasteiger partial charge in [0, 0.05) is 16.1 Å². The van der Waals surface area contributed by atoms with Crippen molar-refractivity contribution in [3.05, 3.63) is 45.1 Å². The largest absolute Gasteiger partial charge is 0.495 e. The van der Waals surface area contributed by atoms with Crippen LogP contribution < -0.4 is 4.74 Å². The number of nitrogens with one attached hydrogen (secondary N) is 1. The van der Waals surface area contributed by atoms with E-state index in [1.54, 1.807) is 7.11 Å². The summed E-state index contributed by atoms with van der Waals surface area (Å²) in [5.41, 5.74) is 3.11. The van der Waals surface area contributed by atoms with Gasteiger partial charge in [-0.05, 0) is 31.9 Å². The minimum Gasteiger partial charge on any atom is -0.495 e. The molecule has 2 rings (SSSR count). The van der Waals surface area contributed by atoms with Crippen LogP contribution in [0.15, 0.2) is 29.3 Å². The van der Waals surface area contributed by atoms with Crippen LogP contribution in [0.2, 0.25) is 0 Å². The summed E-state index contributed by atoms with van der Waals surface area (Å²) in [5, 5.41) is 1.79. The molecule has 1 heterocycles. The van der Waals surface area contributed by atoms with Crippen LogP contribution >= 0.6 is 23.8 Å². The first-order valence-electron chi connectivity index (χ1n) is 6.05. The van der Waals surface area contributed by atoms with Gasteiger partial charge in [-0.25, -0.2) is 0 Å². The van der Waals surface area contributed by atoms with E-state index in [-0.39, 0.29) is 0 Å². The topological polar surface area (TPSA) is 25.0 Å². The highest BCUT2D eigenvalue weighted by Crippen LogP contribution is 2.27.